The number of carbonyl (C=O) groups excluding carboxylic acids is 2. The van der Waals surface area contributed by atoms with Gasteiger partial charge in [-0.05, 0) is 91.9 Å². The number of nitrogens with zero attached hydrogens (tertiary/aromatic N) is 2. The lowest BCUT2D eigenvalue weighted by Crippen LogP contribution is -2.52. The van der Waals surface area contributed by atoms with E-state index >= 15 is 0 Å². The Morgan fingerprint density at radius 2 is 1.56 bits per heavy atom. The number of carbonyl (C=O) groups is 2. The summed E-state index contributed by atoms with van der Waals surface area (Å²) < 4.78 is 29.0. The van der Waals surface area contributed by atoms with Crippen molar-refractivity contribution in [3.63, 3.8) is 0 Å². The van der Waals surface area contributed by atoms with Crippen molar-refractivity contribution in [1.82, 2.24) is 10.2 Å². The van der Waals surface area contributed by atoms with Crippen LogP contribution < -0.4 is 9.62 Å². The van der Waals surface area contributed by atoms with Gasteiger partial charge in [0.05, 0.1) is 20.6 Å². The van der Waals surface area contributed by atoms with Gasteiger partial charge in [0, 0.05) is 18.1 Å². The molecule has 0 radical (unpaired) electrons. The highest BCUT2D eigenvalue weighted by Gasteiger charge is 2.33. The van der Waals surface area contributed by atoms with Crippen molar-refractivity contribution in [2.75, 3.05) is 17.4 Å². The Hall–Kier alpha value is -2.78. The summed E-state index contributed by atoms with van der Waals surface area (Å²) >= 11 is 18.4. The molecular weight excluding hydrogens is 605 g/mol. The third-order valence-electron chi connectivity index (χ3n) is 6.73. The first-order chi connectivity index (χ1) is 19.4. The van der Waals surface area contributed by atoms with Crippen molar-refractivity contribution in [2.45, 2.75) is 58.0 Å². The van der Waals surface area contributed by atoms with Gasteiger partial charge in [0.1, 0.15) is 12.6 Å². The molecule has 0 unspecified atom stereocenters. The summed E-state index contributed by atoms with van der Waals surface area (Å²) in [6.45, 7) is 7.46. The molecule has 11 heteroatoms. The minimum absolute atomic E-state index is 0.0170. The molecule has 0 aliphatic heterocycles. The number of aryl methyl sites for hydroxylation is 2. The molecule has 0 saturated carbocycles. The quantitative estimate of drug-likeness (QED) is 0.237. The van der Waals surface area contributed by atoms with E-state index in [1.54, 1.807) is 43.3 Å². The first-order valence-electron chi connectivity index (χ1n) is 13.3. The topological polar surface area (TPSA) is 86.8 Å². The maximum absolute atomic E-state index is 14.1. The van der Waals surface area contributed by atoms with Crippen molar-refractivity contribution >= 4 is 62.3 Å². The van der Waals surface area contributed by atoms with E-state index in [4.69, 9.17) is 34.8 Å². The summed E-state index contributed by atoms with van der Waals surface area (Å²) in [7, 11) is -4.19. The third kappa shape index (κ3) is 8.16. The van der Waals surface area contributed by atoms with Crippen LogP contribution in [0.2, 0.25) is 15.1 Å². The smallest absolute Gasteiger partial charge is 0.264 e. The van der Waals surface area contributed by atoms with Crippen LogP contribution in [0.3, 0.4) is 0 Å². The highest BCUT2D eigenvalue weighted by molar-refractivity contribution is 7.92. The lowest BCUT2D eigenvalue weighted by atomic mass is 10.1. The summed E-state index contributed by atoms with van der Waals surface area (Å²) in [6.07, 6.45) is 1.04. The number of sulfonamides is 1. The summed E-state index contributed by atoms with van der Waals surface area (Å²) in [5, 5.41) is 3.91. The van der Waals surface area contributed by atoms with Crippen LogP contribution in [0.5, 0.6) is 0 Å². The van der Waals surface area contributed by atoms with Crippen LogP contribution in [0, 0.1) is 13.8 Å². The lowest BCUT2D eigenvalue weighted by Gasteiger charge is -2.33. The Kier molecular flexibility index (Phi) is 11.5. The zero-order valence-corrected chi connectivity index (χ0v) is 26.5. The molecule has 2 amide bonds. The minimum atomic E-state index is -4.19. The third-order valence-corrected chi connectivity index (χ3v) is 9.51. The van der Waals surface area contributed by atoms with Gasteiger partial charge >= 0.3 is 0 Å². The SMILES string of the molecule is CCCNC(=O)[C@@H](CC)N(Cc1ccc(Cl)c(Cl)c1)C(=O)CN(c1ccc(C)c(C)c1)S(=O)(=O)c1ccc(Cl)cc1. The standard InChI is InChI=1S/C30H34Cl3N3O4S/c1-5-15-34-30(38)28(6-2)35(18-22-8-14-26(32)27(33)17-22)29(37)19-36(24-11-7-20(3)21(4)16-24)41(39,40)25-12-9-23(31)10-13-25/h7-14,16-17,28H,5-6,15,18-19H2,1-4H3,(H,34,38)/t28-/m1/s1. The fraction of sp³-hybridized carbons (Fsp3) is 0.333. The first-order valence-corrected chi connectivity index (χ1v) is 15.8. The minimum Gasteiger partial charge on any atom is -0.354 e. The van der Waals surface area contributed by atoms with Crippen LogP contribution in [-0.4, -0.2) is 44.3 Å². The molecule has 0 aliphatic rings. The molecule has 1 N–H and O–H groups in total. The van der Waals surface area contributed by atoms with Gasteiger partial charge in [-0.15, -0.1) is 0 Å². The number of benzene rings is 3. The predicted octanol–water partition coefficient (Wildman–Crippen LogP) is 6.79. The van der Waals surface area contributed by atoms with Crippen molar-refractivity contribution in [2.24, 2.45) is 0 Å². The van der Waals surface area contributed by atoms with Crippen LogP contribution in [0.4, 0.5) is 5.69 Å². The maximum atomic E-state index is 14.1. The zero-order chi connectivity index (χ0) is 30.3. The van der Waals surface area contributed by atoms with Gasteiger partial charge in [0.15, 0.2) is 0 Å². The molecule has 220 valence electrons. The Labute approximate surface area is 257 Å². The van der Waals surface area contributed by atoms with Crippen molar-refractivity contribution in [3.05, 3.63) is 92.4 Å². The van der Waals surface area contributed by atoms with Crippen LogP contribution in [0.1, 0.15) is 43.4 Å². The summed E-state index contributed by atoms with van der Waals surface area (Å²) in [5.41, 5.74) is 2.82. The van der Waals surface area contributed by atoms with Gasteiger partial charge in [0.2, 0.25) is 11.8 Å². The van der Waals surface area contributed by atoms with E-state index < -0.39 is 28.5 Å². The van der Waals surface area contributed by atoms with E-state index in [2.05, 4.69) is 5.32 Å². The van der Waals surface area contributed by atoms with Crippen LogP contribution in [0.25, 0.3) is 0 Å². The molecule has 0 aromatic heterocycles. The molecule has 3 aromatic rings. The summed E-state index contributed by atoms with van der Waals surface area (Å²) in [6, 6.07) is 15.1. The number of rotatable bonds is 12. The normalized spacial score (nSPS) is 12.1. The van der Waals surface area contributed by atoms with Gasteiger partial charge < -0.3 is 10.2 Å². The Bertz CT molecular complexity index is 1500. The fourth-order valence-corrected chi connectivity index (χ4v) is 6.12. The Morgan fingerprint density at radius 3 is 2.15 bits per heavy atom. The largest absolute Gasteiger partial charge is 0.354 e. The van der Waals surface area contributed by atoms with E-state index in [1.165, 1.54) is 29.2 Å². The van der Waals surface area contributed by atoms with E-state index in [9.17, 15) is 18.0 Å². The lowest BCUT2D eigenvalue weighted by molar-refractivity contribution is -0.140. The molecule has 0 fully saturated rings. The Morgan fingerprint density at radius 1 is 0.878 bits per heavy atom. The van der Waals surface area contributed by atoms with Gasteiger partial charge in [0.25, 0.3) is 10.0 Å². The molecule has 7 nitrogen and oxygen atoms in total. The van der Waals surface area contributed by atoms with E-state index in [1.807, 2.05) is 20.8 Å². The maximum Gasteiger partial charge on any atom is 0.264 e. The number of hydrogen-bond acceptors (Lipinski definition) is 4. The van der Waals surface area contributed by atoms with Gasteiger partial charge in [-0.25, -0.2) is 8.42 Å². The predicted molar refractivity (Wildman–Crippen MR) is 166 cm³/mol. The second-order valence-electron chi connectivity index (χ2n) is 9.72. The van der Waals surface area contributed by atoms with Gasteiger partial charge in [-0.3, -0.25) is 13.9 Å². The molecule has 1 atom stereocenters. The highest BCUT2D eigenvalue weighted by Crippen LogP contribution is 2.28. The van der Waals surface area contributed by atoms with E-state index in [0.717, 1.165) is 21.9 Å². The number of anilines is 1. The Balaban J connectivity index is 2.09. The van der Waals surface area contributed by atoms with Crippen LogP contribution in [-0.2, 0) is 26.2 Å². The molecule has 3 aromatic carbocycles. The second kappa shape index (κ2) is 14.4. The van der Waals surface area contributed by atoms with Crippen molar-refractivity contribution < 1.29 is 18.0 Å². The molecule has 0 bridgehead atoms. The monoisotopic (exact) mass is 637 g/mol. The van der Waals surface area contributed by atoms with Gasteiger partial charge in [-0.2, -0.15) is 0 Å². The zero-order valence-electron chi connectivity index (χ0n) is 23.5. The molecule has 3 rings (SSSR count). The average Bonchev–Trinajstić information content (AvgIpc) is 2.94. The molecule has 0 saturated heterocycles. The number of halogens is 3. The molecular formula is C30H34Cl3N3O4S. The summed E-state index contributed by atoms with van der Waals surface area (Å²) in [5.74, 6) is -0.869. The number of nitrogens with one attached hydrogen (secondary N) is 1. The first kappa shape index (κ1) is 32.7. The fourth-order valence-electron chi connectivity index (χ4n) is 4.26. The number of hydrogen-bond donors (Lipinski definition) is 1. The molecule has 41 heavy (non-hydrogen) atoms. The van der Waals surface area contributed by atoms with Crippen LogP contribution >= 0.6 is 34.8 Å². The van der Waals surface area contributed by atoms with E-state index in [-0.39, 0.29) is 17.3 Å². The van der Waals surface area contributed by atoms with Gasteiger partial charge in [-0.1, -0.05) is 60.8 Å². The van der Waals surface area contributed by atoms with Crippen molar-refractivity contribution in [1.29, 1.82) is 0 Å². The molecule has 0 aliphatic carbocycles. The average molecular weight is 639 g/mol. The molecule has 0 spiro atoms. The highest BCUT2D eigenvalue weighted by atomic mass is 35.5. The molecule has 0 heterocycles. The number of amides is 2. The van der Waals surface area contributed by atoms with E-state index in [0.29, 0.717) is 39.3 Å². The second-order valence-corrected chi connectivity index (χ2v) is 12.8. The van der Waals surface area contributed by atoms with Crippen molar-refractivity contribution in [3.8, 4) is 0 Å². The van der Waals surface area contributed by atoms with Crippen LogP contribution in [0.15, 0.2) is 65.6 Å². The summed E-state index contributed by atoms with van der Waals surface area (Å²) in [4.78, 5) is 28.7.